The highest BCUT2D eigenvalue weighted by Gasteiger charge is 2.08. The van der Waals surface area contributed by atoms with Gasteiger partial charge in [0.15, 0.2) is 11.5 Å². The molecule has 0 aliphatic rings. The normalized spacial score (nSPS) is 10.7. The molecule has 0 aliphatic carbocycles. The Kier molecular flexibility index (Phi) is 8.02. The van der Waals surface area contributed by atoms with Crippen molar-refractivity contribution in [1.29, 1.82) is 0 Å². The summed E-state index contributed by atoms with van der Waals surface area (Å²) in [4.78, 5) is 23.7. The second kappa shape index (κ2) is 10.7. The first-order valence-corrected chi connectivity index (χ1v) is 8.99. The summed E-state index contributed by atoms with van der Waals surface area (Å²) in [5, 5.41) is 6.64. The van der Waals surface area contributed by atoms with Crippen LogP contribution in [-0.4, -0.2) is 31.2 Å². The first-order valence-electron chi connectivity index (χ1n) is 8.99. The summed E-state index contributed by atoms with van der Waals surface area (Å²) in [6.45, 7) is 3.87. The van der Waals surface area contributed by atoms with Gasteiger partial charge in [-0.3, -0.25) is 9.59 Å². The molecule has 0 aromatic heterocycles. The van der Waals surface area contributed by atoms with Gasteiger partial charge in [-0.1, -0.05) is 18.2 Å². The lowest BCUT2D eigenvalue weighted by Gasteiger charge is -2.13. The summed E-state index contributed by atoms with van der Waals surface area (Å²) in [5.41, 5.74) is 3.86. The van der Waals surface area contributed by atoms with Crippen molar-refractivity contribution in [2.75, 3.05) is 12.4 Å². The molecule has 0 spiro atoms. The SMILES string of the molecule is COc1cc(C=NNC(=O)CCC(=O)Nc2ccccc2)ccc1OC(C)C. The number of nitrogens with zero attached hydrogens (tertiary/aromatic N) is 1. The third kappa shape index (κ3) is 7.11. The van der Waals surface area contributed by atoms with Crippen LogP contribution in [-0.2, 0) is 9.59 Å². The van der Waals surface area contributed by atoms with Crippen LogP contribution in [0.25, 0.3) is 0 Å². The molecular formula is C21H25N3O4. The van der Waals surface area contributed by atoms with Crippen molar-refractivity contribution in [3.8, 4) is 11.5 Å². The van der Waals surface area contributed by atoms with E-state index in [1.54, 1.807) is 31.4 Å². The summed E-state index contributed by atoms with van der Waals surface area (Å²) < 4.78 is 11.0. The topological polar surface area (TPSA) is 89.0 Å². The molecule has 0 atom stereocenters. The van der Waals surface area contributed by atoms with Gasteiger partial charge in [0.1, 0.15) is 0 Å². The molecule has 0 heterocycles. The number of hydrazone groups is 1. The summed E-state index contributed by atoms with van der Waals surface area (Å²) in [7, 11) is 1.56. The van der Waals surface area contributed by atoms with Gasteiger partial charge in [0.05, 0.1) is 19.4 Å². The molecule has 2 amide bonds. The van der Waals surface area contributed by atoms with Crippen LogP contribution in [0.3, 0.4) is 0 Å². The number of methoxy groups -OCH3 is 1. The van der Waals surface area contributed by atoms with E-state index < -0.39 is 0 Å². The van der Waals surface area contributed by atoms with Gasteiger partial charge in [-0.05, 0) is 49.7 Å². The molecule has 7 nitrogen and oxygen atoms in total. The van der Waals surface area contributed by atoms with Gasteiger partial charge in [-0.15, -0.1) is 0 Å². The van der Waals surface area contributed by atoms with Crippen molar-refractivity contribution < 1.29 is 19.1 Å². The number of hydrogen-bond acceptors (Lipinski definition) is 5. The van der Waals surface area contributed by atoms with Gasteiger partial charge < -0.3 is 14.8 Å². The van der Waals surface area contributed by atoms with Crippen molar-refractivity contribution >= 4 is 23.7 Å². The molecule has 0 saturated carbocycles. The van der Waals surface area contributed by atoms with Crippen molar-refractivity contribution in [3.63, 3.8) is 0 Å². The lowest BCUT2D eigenvalue weighted by molar-refractivity contribution is -0.124. The first kappa shape index (κ1) is 21.0. The van der Waals surface area contributed by atoms with Crippen LogP contribution in [0.5, 0.6) is 11.5 Å². The van der Waals surface area contributed by atoms with Gasteiger partial charge in [-0.2, -0.15) is 5.10 Å². The molecule has 2 aromatic rings. The molecule has 148 valence electrons. The molecule has 0 fully saturated rings. The molecule has 7 heteroatoms. The van der Waals surface area contributed by atoms with Gasteiger partial charge in [0, 0.05) is 18.5 Å². The maximum Gasteiger partial charge on any atom is 0.240 e. The predicted molar refractivity (Wildman–Crippen MR) is 109 cm³/mol. The van der Waals surface area contributed by atoms with Crippen LogP contribution < -0.4 is 20.2 Å². The second-order valence-corrected chi connectivity index (χ2v) is 6.28. The summed E-state index contributed by atoms with van der Waals surface area (Å²) >= 11 is 0. The minimum atomic E-state index is -0.341. The Balaban J connectivity index is 1.80. The zero-order valence-corrected chi connectivity index (χ0v) is 16.3. The maximum absolute atomic E-state index is 11.8. The van der Waals surface area contributed by atoms with E-state index >= 15 is 0 Å². The molecule has 0 aliphatic heterocycles. The third-order valence-electron chi connectivity index (χ3n) is 3.59. The molecule has 0 unspecified atom stereocenters. The fourth-order valence-corrected chi connectivity index (χ4v) is 2.32. The van der Waals surface area contributed by atoms with Crippen LogP contribution in [0, 0.1) is 0 Å². The van der Waals surface area contributed by atoms with Gasteiger partial charge in [0.25, 0.3) is 0 Å². The molecule has 0 saturated heterocycles. The Morgan fingerprint density at radius 2 is 1.75 bits per heavy atom. The molecule has 2 aromatic carbocycles. The number of carbonyl (C=O) groups excluding carboxylic acids is 2. The standard InChI is InChI=1S/C21H25N3O4/c1-15(2)28-18-10-9-16(13-19(18)27-3)14-22-24-21(26)12-11-20(25)23-17-7-5-4-6-8-17/h4-10,13-15H,11-12H2,1-3H3,(H,23,25)(H,24,26). The number of anilines is 1. The molecular weight excluding hydrogens is 358 g/mol. The minimum Gasteiger partial charge on any atom is -0.493 e. The average Bonchev–Trinajstić information content (AvgIpc) is 2.68. The van der Waals surface area contributed by atoms with Gasteiger partial charge >= 0.3 is 0 Å². The number of benzene rings is 2. The number of ether oxygens (including phenoxy) is 2. The number of hydrogen-bond donors (Lipinski definition) is 2. The van der Waals surface area contributed by atoms with E-state index in [9.17, 15) is 9.59 Å². The Bertz CT molecular complexity index is 820. The molecule has 0 bridgehead atoms. The van der Waals surface area contributed by atoms with E-state index in [1.807, 2.05) is 38.1 Å². The Morgan fingerprint density at radius 1 is 1.04 bits per heavy atom. The summed E-state index contributed by atoms with van der Waals surface area (Å²) in [5.74, 6) is 0.659. The largest absolute Gasteiger partial charge is 0.493 e. The number of para-hydroxylation sites is 1. The maximum atomic E-state index is 11.8. The quantitative estimate of drug-likeness (QED) is 0.513. The summed E-state index contributed by atoms with van der Waals surface area (Å²) in [6, 6.07) is 14.4. The molecule has 2 rings (SSSR count). The lowest BCUT2D eigenvalue weighted by atomic mass is 10.2. The van der Waals surface area contributed by atoms with Crippen molar-refractivity contribution in [3.05, 3.63) is 54.1 Å². The van der Waals surface area contributed by atoms with Crippen LogP contribution in [0.2, 0.25) is 0 Å². The monoisotopic (exact) mass is 383 g/mol. The van der Waals surface area contributed by atoms with Crippen LogP contribution in [0.15, 0.2) is 53.6 Å². The Hall–Kier alpha value is -3.35. The predicted octanol–water partition coefficient (Wildman–Crippen LogP) is 3.35. The van der Waals surface area contributed by atoms with Crippen LogP contribution in [0.4, 0.5) is 5.69 Å². The fraction of sp³-hybridized carbons (Fsp3) is 0.286. The highest BCUT2D eigenvalue weighted by Crippen LogP contribution is 2.28. The minimum absolute atomic E-state index is 0.0341. The highest BCUT2D eigenvalue weighted by molar-refractivity contribution is 5.93. The van der Waals surface area contributed by atoms with E-state index in [0.717, 1.165) is 5.56 Å². The molecule has 2 N–H and O–H groups in total. The van der Waals surface area contributed by atoms with E-state index in [1.165, 1.54) is 6.21 Å². The zero-order chi connectivity index (χ0) is 20.4. The molecule has 0 radical (unpaired) electrons. The van der Waals surface area contributed by atoms with Crippen LogP contribution in [0.1, 0.15) is 32.3 Å². The van der Waals surface area contributed by atoms with Crippen molar-refractivity contribution in [2.24, 2.45) is 5.10 Å². The number of amides is 2. The van der Waals surface area contributed by atoms with E-state index in [4.69, 9.17) is 9.47 Å². The Morgan fingerprint density at radius 3 is 2.43 bits per heavy atom. The number of nitrogens with one attached hydrogen (secondary N) is 2. The number of rotatable bonds is 9. The smallest absolute Gasteiger partial charge is 0.240 e. The van der Waals surface area contributed by atoms with E-state index in [-0.39, 0.29) is 30.8 Å². The van der Waals surface area contributed by atoms with Crippen LogP contribution >= 0.6 is 0 Å². The third-order valence-corrected chi connectivity index (χ3v) is 3.59. The highest BCUT2D eigenvalue weighted by atomic mass is 16.5. The van der Waals surface area contributed by atoms with Crippen molar-refractivity contribution in [1.82, 2.24) is 5.43 Å². The van der Waals surface area contributed by atoms with Crippen molar-refractivity contribution in [2.45, 2.75) is 32.8 Å². The average molecular weight is 383 g/mol. The Labute approximate surface area is 164 Å². The zero-order valence-electron chi connectivity index (χ0n) is 16.3. The fourth-order valence-electron chi connectivity index (χ4n) is 2.32. The van der Waals surface area contributed by atoms with Gasteiger partial charge in [-0.25, -0.2) is 5.43 Å². The second-order valence-electron chi connectivity index (χ2n) is 6.28. The van der Waals surface area contributed by atoms with E-state index in [0.29, 0.717) is 17.2 Å². The summed E-state index contributed by atoms with van der Waals surface area (Å²) in [6.07, 6.45) is 1.65. The first-order chi connectivity index (χ1) is 13.5. The molecule has 28 heavy (non-hydrogen) atoms. The van der Waals surface area contributed by atoms with Gasteiger partial charge in [0.2, 0.25) is 11.8 Å². The van der Waals surface area contributed by atoms with E-state index in [2.05, 4.69) is 15.8 Å². The lowest BCUT2D eigenvalue weighted by Crippen LogP contribution is -2.20. The number of carbonyl (C=O) groups is 2.